The van der Waals surface area contributed by atoms with Crippen LogP contribution < -0.4 is 0 Å². The number of carboxylic acids is 1. The van der Waals surface area contributed by atoms with E-state index in [1.807, 2.05) is 6.07 Å². The van der Waals surface area contributed by atoms with E-state index in [1.54, 1.807) is 42.5 Å². The lowest BCUT2D eigenvalue weighted by Gasteiger charge is -2.31. The van der Waals surface area contributed by atoms with E-state index in [0.717, 1.165) is 11.1 Å². The van der Waals surface area contributed by atoms with Gasteiger partial charge in [-0.05, 0) is 61.1 Å². The fraction of sp³-hybridized carbons (Fsp3) is 0.379. The number of carbonyl (C=O) groups is 2. The molecule has 2 aromatic carbocycles. The van der Waals surface area contributed by atoms with Gasteiger partial charge < -0.3 is 20.1 Å². The highest BCUT2D eigenvalue weighted by molar-refractivity contribution is 6.42. The summed E-state index contributed by atoms with van der Waals surface area (Å²) in [6, 6.07) is 10.3. The normalized spacial score (nSPS) is 13.7. The Bertz CT molecular complexity index is 1140. The molecule has 0 aliphatic rings. The maximum Gasteiger partial charge on any atom is 0.305 e. The van der Waals surface area contributed by atoms with Crippen molar-refractivity contribution in [2.24, 2.45) is 0 Å². The van der Waals surface area contributed by atoms with Crippen molar-refractivity contribution in [3.05, 3.63) is 92.9 Å². The largest absolute Gasteiger partial charge is 0.481 e. The minimum absolute atomic E-state index is 0.0331. The Hall–Kier alpha value is -2.06. The summed E-state index contributed by atoms with van der Waals surface area (Å²) in [6.45, 7) is 7.09. The number of hydrogen-bond acceptors (Lipinski definition) is 5. The summed E-state index contributed by atoms with van der Waals surface area (Å²) in [4.78, 5) is 22.1. The molecule has 2 unspecified atom stereocenters. The van der Waals surface area contributed by atoms with E-state index in [2.05, 4.69) is 17.9 Å². The Morgan fingerprint density at radius 2 is 1.21 bits per heavy atom. The van der Waals surface area contributed by atoms with Crippen LogP contribution in [-0.2, 0) is 25.2 Å². The van der Waals surface area contributed by atoms with E-state index in [1.165, 1.54) is 7.11 Å². The number of benzene rings is 2. The highest BCUT2D eigenvalue weighted by Gasteiger charge is 2.32. The van der Waals surface area contributed by atoms with Crippen molar-refractivity contribution in [1.29, 1.82) is 0 Å². The number of hydrogen-bond donors (Lipinski definition) is 3. The molecule has 0 saturated heterocycles. The van der Waals surface area contributed by atoms with Gasteiger partial charge in [0.05, 0.1) is 40.4 Å². The molecule has 0 saturated carbocycles. The van der Waals surface area contributed by atoms with Gasteiger partial charge in [-0.1, -0.05) is 70.7 Å². The maximum absolute atomic E-state index is 11.4. The Balaban J connectivity index is 0.000000391. The van der Waals surface area contributed by atoms with Crippen LogP contribution in [0.3, 0.4) is 0 Å². The summed E-state index contributed by atoms with van der Waals surface area (Å²) < 4.78 is 4.65. The number of methoxy groups -OCH3 is 1. The predicted molar refractivity (Wildman–Crippen MR) is 158 cm³/mol. The molecule has 0 aliphatic heterocycles. The van der Waals surface area contributed by atoms with Crippen LogP contribution in [0.1, 0.15) is 49.7 Å². The first-order chi connectivity index (χ1) is 18.4. The van der Waals surface area contributed by atoms with E-state index in [-0.39, 0.29) is 32.0 Å². The summed E-state index contributed by atoms with van der Waals surface area (Å²) in [6.07, 6.45) is 5.31. The zero-order chi connectivity index (χ0) is 29.6. The van der Waals surface area contributed by atoms with Gasteiger partial charge in [-0.25, -0.2) is 0 Å². The van der Waals surface area contributed by atoms with Gasteiger partial charge in [-0.15, -0.1) is 13.2 Å². The Labute approximate surface area is 249 Å². The Morgan fingerprint density at radius 3 is 1.51 bits per heavy atom. The van der Waals surface area contributed by atoms with Gasteiger partial charge in [0.25, 0.3) is 0 Å². The zero-order valence-electron chi connectivity index (χ0n) is 21.8. The van der Waals surface area contributed by atoms with Crippen molar-refractivity contribution in [3.63, 3.8) is 0 Å². The van der Waals surface area contributed by atoms with Crippen molar-refractivity contribution >= 4 is 58.3 Å². The molecular weight excluding hydrogens is 586 g/mol. The Morgan fingerprint density at radius 1 is 0.795 bits per heavy atom. The van der Waals surface area contributed by atoms with E-state index in [0.29, 0.717) is 45.8 Å². The number of carboxylic acid groups (broad SMARTS) is 1. The first-order valence-corrected chi connectivity index (χ1v) is 13.6. The number of allylic oxidation sites excluding steroid dienone is 2. The van der Waals surface area contributed by atoms with Crippen molar-refractivity contribution in [2.75, 3.05) is 20.3 Å². The maximum atomic E-state index is 11.4. The molecule has 0 aromatic heterocycles. The van der Waals surface area contributed by atoms with Crippen LogP contribution in [0.2, 0.25) is 20.1 Å². The first kappa shape index (κ1) is 35.0. The molecule has 2 rings (SSSR count). The quantitative estimate of drug-likeness (QED) is 0.150. The van der Waals surface area contributed by atoms with Gasteiger partial charge in [0, 0.05) is 23.7 Å². The minimum Gasteiger partial charge on any atom is -0.481 e. The first-order valence-electron chi connectivity index (χ1n) is 12.1. The summed E-state index contributed by atoms with van der Waals surface area (Å²) in [5.41, 5.74) is 0.308. The van der Waals surface area contributed by atoms with Crippen LogP contribution >= 0.6 is 46.4 Å². The van der Waals surface area contributed by atoms with Crippen LogP contribution in [0.25, 0.3) is 0 Å². The summed E-state index contributed by atoms with van der Waals surface area (Å²) in [7, 11) is 1.34. The van der Waals surface area contributed by atoms with Crippen molar-refractivity contribution < 1.29 is 29.6 Å². The van der Waals surface area contributed by atoms with Gasteiger partial charge in [0.15, 0.2) is 0 Å². The lowest BCUT2D eigenvalue weighted by Crippen LogP contribution is -2.31. The average molecular weight is 620 g/mol. The van der Waals surface area contributed by atoms with E-state index >= 15 is 0 Å². The van der Waals surface area contributed by atoms with Gasteiger partial charge >= 0.3 is 11.9 Å². The molecule has 10 heteroatoms. The molecule has 0 aliphatic carbocycles. The summed E-state index contributed by atoms with van der Waals surface area (Å²) in [5, 5.41) is 30.1. The molecule has 0 radical (unpaired) electrons. The number of esters is 1. The third-order valence-electron chi connectivity index (χ3n) is 6.59. The van der Waals surface area contributed by atoms with Gasteiger partial charge in [0.1, 0.15) is 0 Å². The fourth-order valence-corrected chi connectivity index (χ4v) is 4.79. The molecule has 0 spiro atoms. The van der Waals surface area contributed by atoms with Crippen LogP contribution in [0, 0.1) is 0 Å². The third-order valence-corrected chi connectivity index (χ3v) is 8.07. The minimum atomic E-state index is -0.901. The molecule has 0 fully saturated rings. The van der Waals surface area contributed by atoms with E-state index < -0.39 is 16.8 Å². The topological polar surface area (TPSA) is 104 Å². The monoisotopic (exact) mass is 618 g/mol. The summed E-state index contributed by atoms with van der Waals surface area (Å²) >= 11 is 23.8. The molecule has 39 heavy (non-hydrogen) atoms. The van der Waals surface area contributed by atoms with Crippen LogP contribution in [0.4, 0.5) is 0 Å². The lowest BCUT2D eigenvalue weighted by atomic mass is 9.74. The number of aliphatic hydroxyl groups excluding tert-OH is 2. The van der Waals surface area contributed by atoms with Gasteiger partial charge in [-0.2, -0.15) is 0 Å². The number of halogens is 4. The second-order valence-corrected chi connectivity index (χ2v) is 10.7. The Kier molecular flexibility index (Phi) is 15.2. The number of aliphatic hydroxyl groups is 2. The fourth-order valence-electron chi connectivity index (χ4n) is 4.19. The van der Waals surface area contributed by atoms with Crippen molar-refractivity contribution in [3.8, 4) is 0 Å². The molecule has 2 atom stereocenters. The molecule has 3 N–H and O–H groups in total. The zero-order valence-corrected chi connectivity index (χ0v) is 24.8. The lowest BCUT2D eigenvalue weighted by molar-refractivity contribution is -0.141. The highest BCUT2D eigenvalue weighted by Crippen LogP contribution is 2.37. The van der Waals surface area contributed by atoms with E-state index in [9.17, 15) is 19.8 Å². The summed E-state index contributed by atoms with van der Waals surface area (Å²) in [5.74, 6) is -1.21. The third kappa shape index (κ3) is 10.1. The molecule has 0 heterocycles. The second-order valence-electron chi connectivity index (χ2n) is 9.09. The molecule has 214 valence electrons. The molecule has 0 bridgehead atoms. The standard InChI is InChI=1S/C15H18Cl2O3.C14H16Cl2O3/c1-3-7-15(10-18,8-6-14(19)20-2)11-4-5-12(16)13(17)9-11;1-2-6-14(9-17,7-5-13(18)19)10-3-4-11(15)12(16)8-10/h3-5,9,18H,1,6-8,10H2,2H3;2-4,8,17H,1,5-7,9H2,(H,18,19). The van der Waals surface area contributed by atoms with E-state index in [4.69, 9.17) is 51.5 Å². The molecule has 0 amide bonds. The number of aliphatic carboxylic acids is 1. The van der Waals surface area contributed by atoms with Crippen LogP contribution in [-0.4, -0.2) is 47.6 Å². The number of carbonyl (C=O) groups excluding carboxylic acids is 1. The predicted octanol–water partition coefficient (Wildman–Crippen LogP) is 7.42. The van der Waals surface area contributed by atoms with Crippen molar-refractivity contribution in [1.82, 2.24) is 0 Å². The van der Waals surface area contributed by atoms with Crippen LogP contribution in [0.15, 0.2) is 61.7 Å². The van der Waals surface area contributed by atoms with Gasteiger partial charge in [0.2, 0.25) is 0 Å². The van der Waals surface area contributed by atoms with Crippen LogP contribution in [0.5, 0.6) is 0 Å². The number of rotatable bonds is 14. The molecular formula is C29H34Cl4O6. The highest BCUT2D eigenvalue weighted by atomic mass is 35.5. The molecule has 6 nitrogen and oxygen atoms in total. The molecule has 2 aromatic rings. The second kappa shape index (κ2) is 16.9. The van der Waals surface area contributed by atoms with Gasteiger partial charge in [-0.3, -0.25) is 9.59 Å². The van der Waals surface area contributed by atoms with Crippen molar-refractivity contribution in [2.45, 2.75) is 49.4 Å². The SMILES string of the molecule is C=CCC(CO)(CCC(=O)O)c1ccc(Cl)c(Cl)c1.C=CCC(CO)(CCC(=O)OC)c1ccc(Cl)c(Cl)c1. The average Bonchev–Trinajstić information content (AvgIpc) is 2.92. The number of ether oxygens (including phenoxy) is 1. The smallest absolute Gasteiger partial charge is 0.305 e.